The second-order valence-electron chi connectivity index (χ2n) is 3.96. The van der Waals surface area contributed by atoms with Crippen LogP contribution in [0.5, 0.6) is 0 Å². The topological polar surface area (TPSA) is 43.2 Å². The molecule has 16 heavy (non-hydrogen) atoms. The van der Waals surface area contributed by atoms with Gasteiger partial charge in [0.05, 0.1) is 14.2 Å². The largest absolute Gasteiger partial charge is 0.483 e. The van der Waals surface area contributed by atoms with Crippen LogP contribution in [-0.2, 0) is 9.47 Å². The molecule has 0 N–H and O–H groups in total. The van der Waals surface area contributed by atoms with Crippen molar-refractivity contribution in [1.82, 2.24) is 0 Å². The molecule has 0 fully saturated rings. The van der Waals surface area contributed by atoms with Crippen molar-refractivity contribution in [3.8, 4) is 12.3 Å². The molecule has 4 nitrogen and oxygen atoms in total. The van der Waals surface area contributed by atoms with Crippen LogP contribution in [0.4, 0.5) is 0 Å². The second kappa shape index (κ2) is 5.55. The minimum Gasteiger partial charge on any atom is -0.483 e. The zero-order chi connectivity index (χ0) is 12.1. The van der Waals surface area contributed by atoms with Gasteiger partial charge in [-0.25, -0.2) is 9.98 Å². The monoisotopic (exact) mass is 222 g/mol. The predicted octanol–water partition coefficient (Wildman–Crippen LogP) is 1.51. The van der Waals surface area contributed by atoms with E-state index in [1.165, 1.54) is 0 Å². The molecule has 0 bridgehead atoms. The van der Waals surface area contributed by atoms with Crippen molar-refractivity contribution in [2.75, 3.05) is 14.2 Å². The maximum atomic E-state index is 5.29. The highest BCUT2D eigenvalue weighted by Gasteiger charge is 2.30. The number of nitrogens with zero attached hydrogens (tertiary/aromatic N) is 2. The van der Waals surface area contributed by atoms with E-state index in [4.69, 9.17) is 15.9 Å². The molecule has 0 aliphatic carbocycles. The van der Waals surface area contributed by atoms with E-state index in [2.05, 4.69) is 29.8 Å². The van der Waals surface area contributed by atoms with E-state index in [0.29, 0.717) is 24.1 Å². The number of aliphatic imine (C=N–C) groups is 2. The van der Waals surface area contributed by atoms with Gasteiger partial charge in [0.2, 0.25) is 11.8 Å². The average Bonchev–Trinajstić information content (AvgIpc) is 2.28. The van der Waals surface area contributed by atoms with Gasteiger partial charge in [0.1, 0.15) is 12.1 Å². The highest BCUT2D eigenvalue weighted by atomic mass is 16.5. The Morgan fingerprint density at radius 1 is 1.25 bits per heavy atom. The summed E-state index contributed by atoms with van der Waals surface area (Å²) < 4.78 is 10.5. The first-order valence-corrected chi connectivity index (χ1v) is 5.30. The van der Waals surface area contributed by atoms with Gasteiger partial charge in [-0.05, 0) is 5.92 Å². The van der Waals surface area contributed by atoms with E-state index < -0.39 is 0 Å². The second-order valence-corrected chi connectivity index (χ2v) is 3.96. The van der Waals surface area contributed by atoms with Gasteiger partial charge in [0.15, 0.2) is 0 Å². The molecule has 88 valence electrons. The summed E-state index contributed by atoms with van der Waals surface area (Å²) in [7, 11) is 3.20. The summed E-state index contributed by atoms with van der Waals surface area (Å²) in [6.07, 6.45) is 5.76. The van der Waals surface area contributed by atoms with Crippen molar-refractivity contribution in [3.63, 3.8) is 0 Å². The highest BCUT2D eigenvalue weighted by molar-refractivity contribution is 5.94. The van der Waals surface area contributed by atoms with E-state index in [0.717, 1.165) is 0 Å². The Bertz CT molecular complexity index is 339. The third kappa shape index (κ3) is 2.54. The van der Waals surface area contributed by atoms with Crippen LogP contribution >= 0.6 is 0 Å². The van der Waals surface area contributed by atoms with Crippen LogP contribution < -0.4 is 0 Å². The van der Waals surface area contributed by atoms with Crippen LogP contribution in [0.15, 0.2) is 9.98 Å². The zero-order valence-corrected chi connectivity index (χ0v) is 10.2. The Morgan fingerprint density at radius 3 is 2.31 bits per heavy atom. The molecule has 1 aliphatic heterocycles. The Hall–Kier alpha value is -1.50. The number of hydrogen-bond acceptors (Lipinski definition) is 4. The highest BCUT2D eigenvalue weighted by Crippen LogP contribution is 2.18. The zero-order valence-electron chi connectivity index (χ0n) is 10.2. The lowest BCUT2D eigenvalue weighted by atomic mass is 10.0. The molecule has 1 heterocycles. The standard InChI is InChI=1S/C12H18N2O2/c1-6-7-9-11(15-4)14-10(8(2)3)12(13-9)16-5/h1,8-10H,7H2,2-5H3/t9-,10+/m0/s1. The first kappa shape index (κ1) is 12.6. The van der Waals surface area contributed by atoms with Crippen molar-refractivity contribution < 1.29 is 9.47 Å². The lowest BCUT2D eigenvalue weighted by Gasteiger charge is -2.26. The van der Waals surface area contributed by atoms with Gasteiger partial charge in [0, 0.05) is 6.42 Å². The van der Waals surface area contributed by atoms with Crippen molar-refractivity contribution in [3.05, 3.63) is 0 Å². The van der Waals surface area contributed by atoms with Crippen molar-refractivity contribution in [1.29, 1.82) is 0 Å². The van der Waals surface area contributed by atoms with Crippen molar-refractivity contribution >= 4 is 11.8 Å². The third-order valence-corrected chi connectivity index (χ3v) is 2.45. The van der Waals surface area contributed by atoms with Crippen LogP contribution in [0.2, 0.25) is 0 Å². The van der Waals surface area contributed by atoms with Crippen LogP contribution in [0, 0.1) is 18.3 Å². The van der Waals surface area contributed by atoms with E-state index in [1.807, 2.05) is 0 Å². The van der Waals surface area contributed by atoms with Crippen LogP contribution in [0.1, 0.15) is 20.3 Å². The Kier molecular flexibility index (Phi) is 4.36. The molecular formula is C12H18N2O2. The van der Waals surface area contributed by atoms with E-state index in [-0.39, 0.29) is 12.1 Å². The van der Waals surface area contributed by atoms with Gasteiger partial charge in [-0.2, -0.15) is 0 Å². The SMILES string of the molecule is C#CC[C@@H]1N=C(OC)[C@@H](C(C)C)N=C1OC. The normalized spacial score (nSPS) is 24.5. The number of hydrogen-bond donors (Lipinski definition) is 0. The van der Waals surface area contributed by atoms with Crippen LogP contribution in [-0.4, -0.2) is 38.1 Å². The summed E-state index contributed by atoms with van der Waals surface area (Å²) in [5.41, 5.74) is 0. The van der Waals surface area contributed by atoms with Gasteiger partial charge in [0.25, 0.3) is 0 Å². The van der Waals surface area contributed by atoms with Crippen molar-refractivity contribution in [2.24, 2.45) is 15.9 Å². The first-order chi connectivity index (χ1) is 7.63. The molecule has 0 aromatic rings. The molecule has 0 aromatic heterocycles. The summed E-state index contributed by atoms with van der Waals surface area (Å²) in [6.45, 7) is 4.13. The molecule has 0 radical (unpaired) electrons. The third-order valence-electron chi connectivity index (χ3n) is 2.45. The fraction of sp³-hybridized carbons (Fsp3) is 0.667. The molecule has 1 rings (SSSR count). The minimum absolute atomic E-state index is 0.0750. The van der Waals surface area contributed by atoms with E-state index in [1.54, 1.807) is 14.2 Å². The first-order valence-electron chi connectivity index (χ1n) is 5.30. The summed E-state index contributed by atoms with van der Waals surface area (Å²) in [5.74, 6) is 4.11. The molecule has 0 saturated carbocycles. The summed E-state index contributed by atoms with van der Waals surface area (Å²) in [6, 6.07) is -0.283. The smallest absolute Gasteiger partial charge is 0.210 e. The average molecular weight is 222 g/mol. The Morgan fingerprint density at radius 2 is 1.88 bits per heavy atom. The minimum atomic E-state index is -0.208. The van der Waals surface area contributed by atoms with E-state index in [9.17, 15) is 0 Å². The van der Waals surface area contributed by atoms with Gasteiger partial charge < -0.3 is 9.47 Å². The molecule has 0 aromatic carbocycles. The van der Waals surface area contributed by atoms with Crippen LogP contribution in [0.3, 0.4) is 0 Å². The molecule has 0 amide bonds. The number of ether oxygens (including phenoxy) is 2. The maximum Gasteiger partial charge on any atom is 0.210 e. The van der Waals surface area contributed by atoms with Crippen LogP contribution in [0.25, 0.3) is 0 Å². The molecule has 4 heteroatoms. The van der Waals surface area contributed by atoms with Gasteiger partial charge in [-0.15, -0.1) is 12.3 Å². The van der Waals surface area contributed by atoms with Gasteiger partial charge in [-0.1, -0.05) is 13.8 Å². The predicted molar refractivity (Wildman–Crippen MR) is 64.8 cm³/mol. The fourth-order valence-corrected chi connectivity index (χ4v) is 1.60. The summed E-state index contributed by atoms with van der Waals surface area (Å²) in [5, 5.41) is 0. The lowest BCUT2D eigenvalue weighted by Crippen LogP contribution is -2.37. The molecule has 0 saturated heterocycles. The fourth-order valence-electron chi connectivity index (χ4n) is 1.60. The summed E-state index contributed by atoms with van der Waals surface area (Å²) in [4.78, 5) is 8.94. The number of terminal acetylenes is 1. The van der Waals surface area contributed by atoms with Crippen molar-refractivity contribution in [2.45, 2.75) is 32.4 Å². The lowest BCUT2D eigenvalue weighted by molar-refractivity contribution is 0.333. The Labute approximate surface area is 96.8 Å². The molecule has 0 spiro atoms. The van der Waals surface area contributed by atoms with E-state index >= 15 is 0 Å². The molecule has 1 aliphatic rings. The van der Waals surface area contributed by atoms with Gasteiger partial charge in [-0.3, -0.25) is 0 Å². The molecule has 0 unspecified atom stereocenters. The molecular weight excluding hydrogens is 204 g/mol. The Balaban J connectivity index is 2.97. The quantitative estimate of drug-likeness (QED) is 0.665. The summed E-state index contributed by atoms with van der Waals surface area (Å²) >= 11 is 0. The number of rotatable bonds is 2. The van der Waals surface area contributed by atoms with Gasteiger partial charge >= 0.3 is 0 Å². The number of methoxy groups -OCH3 is 2. The maximum absolute atomic E-state index is 5.29. The molecule has 2 atom stereocenters.